The van der Waals surface area contributed by atoms with Crippen LogP contribution in [0.15, 0.2) is 0 Å². The first-order chi connectivity index (χ1) is 5.84. The summed E-state index contributed by atoms with van der Waals surface area (Å²) < 4.78 is 36.6. The predicted octanol–water partition coefficient (Wildman–Crippen LogP) is 0.742. The molecule has 72 valence electrons. The van der Waals surface area contributed by atoms with E-state index in [1.54, 1.807) is 0 Å². The molecule has 1 aromatic rings. The van der Waals surface area contributed by atoms with Crippen LogP contribution in [0.3, 0.4) is 0 Å². The van der Waals surface area contributed by atoms with Crippen LogP contribution < -0.4 is 0 Å². The highest BCUT2D eigenvalue weighted by atomic mass is 19.4. The fraction of sp³-hybridized carbons (Fsp3) is 0.500. The lowest BCUT2D eigenvalue weighted by molar-refractivity contribution is -0.392. The molecule has 0 bridgehead atoms. The first-order valence-corrected chi connectivity index (χ1v) is 2.95. The van der Waals surface area contributed by atoms with Crippen LogP contribution in [-0.4, -0.2) is 19.9 Å². The second-order valence-corrected chi connectivity index (χ2v) is 2.14. The van der Waals surface area contributed by atoms with E-state index in [0.717, 1.165) is 7.05 Å². The molecule has 0 aliphatic carbocycles. The molecule has 0 saturated heterocycles. The van der Waals surface area contributed by atoms with Crippen molar-refractivity contribution in [3.63, 3.8) is 0 Å². The lowest BCUT2D eigenvalue weighted by Gasteiger charge is -2.03. The van der Waals surface area contributed by atoms with Gasteiger partial charge in [-0.1, -0.05) is 0 Å². The maximum atomic E-state index is 12.1. The van der Waals surface area contributed by atoms with E-state index < -0.39 is 22.6 Å². The number of hydrogen-bond acceptors (Lipinski definition) is 4. The number of hydrogen-bond donors (Lipinski definition) is 0. The van der Waals surface area contributed by atoms with Gasteiger partial charge in [0.25, 0.3) is 0 Å². The molecular formula is C4H3F3N4O2. The summed E-state index contributed by atoms with van der Waals surface area (Å²) in [7, 11) is 0.933. The molecule has 0 N–H and O–H groups in total. The normalized spacial score (nSPS) is 11.7. The van der Waals surface area contributed by atoms with Crippen molar-refractivity contribution in [1.82, 2.24) is 15.0 Å². The van der Waals surface area contributed by atoms with E-state index in [9.17, 15) is 23.3 Å². The van der Waals surface area contributed by atoms with Gasteiger partial charge in [-0.25, -0.2) is 4.68 Å². The van der Waals surface area contributed by atoms with Crippen molar-refractivity contribution in [2.24, 2.45) is 7.05 Å². The first kappa shape index (κ1) is 9.42. The number of halogens is 3. The molecule has 0 aliphatic heterocycles. The summed E-state index contributed by atoms with van der Waals surface area (Å²) in [6.07, 6.45) is -4.82. The molecule has 0 atom stereocenters. The lowest BCUT2D eigenvalue weighted by Crippen LogP contribution is -2.13. The number of nitrogens with zero attached hydrogens (tertiary/aromatic N) is 4. The zero-order valence-electron chi connectivity index (χ0n) is 6.24. The van der Waals surface area contributed by atoms with Crippen LogP contribution in [0.25, 0.3) is 0 Å². The molecule has 0 unspecified atom stereocenters. The third-order valence-electron chi connectivity index (χ3n) is 1.25. The fourth-order valence-corrected chi connectivity index (χ4v) is 0.779. The summed E-state index contributed by atoms with van der Waals surface area (Å²) in [5, 5.41) is 15.8. The highest BCUT2D eigenvalue weighted by Gasteiger charge is 2.44. The van der Waals surface area contributed by atoms with E-state index in [-0.39, 0.29) is 0 Å². The topological polar surface area (TPSA) is 73.8 Å². The summed E-state index contributed by atoms with van der Waals surface area (Å²) >= 11 is 0. The van der Waals surface area contributed by atoms with Crippen LogP contribution in [0.4, 0.5) is 19.0 Å². The van der Waals surface area contributed by atoms with Crippen molar-refractivity contribution in [3.8, 4) is 0 Å². The Morgan fingerprint density at radius 2 is 2.08 bits per heavy atom. The molecule has 0 aliphatic rings. The van der Waals surface area contributed by atoms with Crippen molar-refractivity contribution in [1.29, 1.82) is 0 Å². The van der Waals surface area contributed by atoms with Gasteiger partial charge in [0.15, 0.2) is 0 Å². The van der Waals surface area contributed by atoms with Gasteiger partial charge in [-0.3, -0.25) is 0 Å². The first-order valence-electron chi connectivity index (χ1n) is 2.95. The molecule has 0 amide bonds. The molecule has 1 rings (SSSR count). The predicted molar refractivity (Wildman–Crippen MR) is 32.7 cm³/mol. The Bertz CT molecular complexity index is 344. The Balaban J connectivity index is 3.33. The average Bonchev–Trinajstić information content (AvgIpc) is 2.28. The molecule has 1 heterocycles. The van der Waals surface area contributed by atoms with Gasteiger partial charge in [0.1, 0.15) is 5.10 Å². The van der Waals surface area contributed by atoms with Gasteiger partial charge in [-0.05, 0) is 4.92 Å². The van der Waals surface area contributed by atoms with E-state index in [1.807, 2.05) is 0 Å². The van der Waals surface area contributed by atoms with Crippen LogP contribution in [0.2, 0.25) is 0 Å². The Kier molecular flexibility index (Phi) is 1.94. The Hall–Kier alpha value is -1.67. The Morgan fingerprint density at radius 3 is 2.38 bits per heavy atom. The smallest absolute Gasteiger partial charge is 0.358 e. The molecule has 9 heteroatoms. The second kappa shape index (κ2) is 2.68. The number of nitro groups is 1. The number of rotatable bonds is 1. The Labute approximate surface area is 69.1 Å². The van der Waals surface area contributed by atoms with Crippen molar-refractivity contribution >= 4 is 5.82 Å². The lowest BCUT2D eigenvalue weighted by atomic mass is 10.4. The van der Waals surface area contributed by atoms with Gasteiger partial charge in [-0.15, -0.1) is 0 Å². The number of aryl methyl sites for hydroxylation is 1. The number of aromatic nitrogens is 3. The zero-order valence-corrected chi connectivity index (χ0v) is 6.24. The molecule has 0 radical (unpaired) electrons. The van der Waals surface area contributed by atoms with Crippen LogP contribution in [-0.2, 0) is 13.2 Å². The minimum absolute atomic E-state index is 0.318. The minimum atomic E-state index is -4.82. The maximum absolute atomic E-state index is 12.1. The van der Waals surface area contributed by atoms with E-state index in [2.05, 4.69) is 10.3 Å². The van der Waals surface area contributed by atoms with Crippen molar-refractivity contribution in [2.75, 3.05) is 0 Å². The van der Waals surface area contributed by atoms with Crippen molar-refractivity contribution in [2.45, 2.75) is 6.18 Å². The summed E-state index contributed by atoms with van der Waals surface area (Å²) in [5.74, 6) is -1.28. The molecule has 1 aromatic heterocycles. The van der Waals surface area contributed by atoms with Crippen molar-refractivity contribution < 1.29 is 18.1 Å². The van der Waals surface area contributed by atoms with Gasteiger partial charge >= 0.3 is 12.0 Å². The second-order valence-electron chi connectivity index (χ2n) is 2.14. The van der Waals surface area contributed by atoms with Crippen LogP contribution in [0.5, 0.6) is 0 Å². The molecule has 0 fully saturated rings. The van der Waals surface area contributed by atoms with Gasteiger partial charge in [0, 0.05) is 7.05 Å². The van der Waals surface area contributed by atoms with Gasteiger partial charge in [0.05, 0.1) is 5.21 Å². The van der Waals surface area contributed by atoms with E-state index >= 15 is 0 Å². The monoisotopic (exact) mass is 196 g/mol. The molecule has 13 heavy (non-hydrogen) atoms. The summed E-state index contributed by atoms with van der Waals surface area (Å²) in [5.41, 5.74) is -1.46. The molecule has 0 spiro atoms. The average molecular weight is 196 g/mol. The van der Waals surface area contributed by atoms with Crippen LogP contribution in [0, 0.1) is 10.1 Å². The highest BCUT2D eigenvalue weighted by molar-refractivity contribution is 5.26. The molecule has 0 aromatic carbocycles. The quantitative estimate of drug-likeness (QED) is 0.490. The largest absolute Gasteiger partial charge is 0.441 e. The van der Waals surface area contributed by atoms with E-state index in [4.69, 9.17) is 0 Å². The van der Waals surface area contributed by atoms with E-state index in [0.29, 0.717) is 4.68 Å². The molecule has 0 saturated carbocycles. The Morgan fingerprint density at radius 1 is 1.54 bits per heavy atom. The van der Waals surface area contributed by atoms with E-state index in [1.165, 1.54) is 0 Å². The van der Waals surface area contributed by atoms with Gasteiger partial charge in [0.2, 0.25) is 5.69 Å². The molecular weight excluding hydrogens is 193 g/mol. The van der Waals surface area contributed by atoms with Crippen LogP contribution in [0.1, 0.15) is 5.69 Å². The minimum Gasteiger partial charge on any atom is -0.358 e. The van der Waals surface area contributed by atoms with Crippen LogP contribution >= 0.6 is 0 Å². The SMILES string of the molecule is Cn1nnc([N+](=O)[O-])c1C(F)(F)F. The zero-order chi connectivity index (χ0) is 10.2. The van der Waals surface area contributed by atoms with Crippen molar-refractivity contribution in [3.05, 3.63) is 15.8 Å². The molecule has 6 nitrogen and oxygen atoms in total. The summed E-state index contributed by atoms with van der Waals surface area (Å²) in [6.45, 7) is 0. The maximum Gasteiger partial charge on any atom is 0.441 e. The summed E-state index contributed by atoms with van der Waals surface area (Å²) in [6, 6.07) is 0. The third kappa shape index (κ3) is 1.58. The highest BCUT2D eigenvalue weighted by Crippen LogP contribution is 2.33. The van der Waals surface area contributed by atoms with Gasteiger partial charge < -0.3 is 10.1 Å². The summed E-state index contributed by atoms with van der Waals surface area (Å²) in [4.78, 5) is 8.85. The van der Waals surface area contributed by atoms with Gasteiger partial charge in [-0.2, -0.15) is 13.2 Å². The number of alkyl halides is 3. The fourth-order valence-electron chi connectivity index (χ4n) is 0.779. The third-order valence-corrected chi connectivity index (χ3v) is 1.25. The standard InChI is InChI=1S/C4H3F3N4O2/c1-10-2(4(5,6)7)3(8-9-10)11(12)13/h1H3.